The van der Waals surface area contributed by atoms with Crippen LogP contribution in [0.4, 0.5) is 4.79 Å². The largest absolute Gasteiger partial charge is 0.462 e. The number of ether oxygens (including phenoxy) is 2. The minimum absolute atomic E-state index is 0.152. The third kappa shape index (κ3) is 5.83. The van der Waals surface area contributed by atoms with Crippen molar-refractivity contribution in [2.45, 2.75) is 97.5 Å². The standard InChI is InChI=1S/C29H43NO3/c1-10-25(21-13-17-30(18-14-21)26(31)33-27(3,4)5)32-20(2)22-11-12-23-24(19-22)29(8,9)16-15-28(23,6)7/h10-12,19,21H,2,13-18H2,1,3-9H3/b25-10-. The van der Waals surface area contributed by atoms with E-state index in [1.165, 1.54) is 24.0 Å². The van der Waals surface area contributed by atoms with Crippen molar-refractivity contribution in [3.63, 3.8) is 0 Å². The third-order valence-corrected chi connectivity index (χ3v) is 7.25. The summed E-state index contributed by atoms with van der Waals surface area (Å²) < 4.78 is 11.9. The molecule has 2 aliphatic rings. The van der Waals surface area contributed by atoms with E-state index in [1.54, 1.807) is 4.90 Å². The molecule has 1 amide bonds. The Bertz CT molecular complexity index is 925. The lowest BCUT2D eigenvalue weighted by Gasteiger charge is -2.42. The van der Waals surface area contributed by atoms with Crippen molar-refractivity contribution in [2.75, 3.05) is 13.1 Å². The van der Waals surface area contributed by atoms with Crippen LogP contribution >= 0.6 is 0 Å². The van der Waals surface area contributed by atoms with E-state index in [2.05, 4.69) is 52.5 Å². The van der Waals surface area contributed by atoms with Gasteiger partial charge in [-0.25, -0.2) is 4.79 Å². The van der Waals surface area contributed by atoms with Crippen LogP contribution in [-0.4, -0.2) is 29.7 Å². The highest BCUT2D eigenvalue weighted by molar-refractivity contribution is 5.68. The van der Waals surface area contributed by atoms with Crippen LogP contribution in [0.15, 0.2) is 36.6 Å². The highest BCUT2D eigenvalue weighted by atomic mass is 16.6. The molecule has 0 saturated carbocycles. The molecule has 0 aromatic heterocycles. The van der Waals surface area contributed by atoms with Gasteiger partial charge in [-0.3, -0.25) is 0 Å². The Morgan fingerprint density at radius 2 is 1.64 bits per heavy atom. The first-order valence-corrected chi connectivity index (χ1v) is 12.4. The van der Waals surface area contributed by atoms with Gasteiger partial charge in [0.25, 0.3) is 0 Å². The summed E-state index contributed by atoms with van der Waals surface area (Å²) in [6, 6.07) is 6.72. The second-order valence-electron chi connectivity index (χ2n) is 12.0. The maximum absolute atomic E-state index is 12.4. The molecule has 0 unspecified atom stereocenters. The summed E-state index contributed by atoms with van der Waals surface area (Å²) in [7, 11) is 0. The summed E-state index contributed by atoms with van der Waals surface area (Å²) >= 11 is 0. The second-order valence-corrected chi connectivity index (χ2v) is 12.0. The van der Waals surface area contributed by atoms with E-state index in [0.29, 0.717) is 18.8 Å². The average Bonchev–Trinajstić information content (AvgIpc) is 2.74. The Morgan fingerprint density at radius 1 is 1.06 bits per heavy atom. The maximum atomic E-state index is 12.4. The fourth-order valence-electron chi connectivity index (χ4n) is 5.01. The minimum atomic E-state index is -0.470. The Hall–Kier alpha value is -2.23. The van der Waals surface area contributed by atoms with Crippen molar-refractivity contribution in [3.05, 3.63) is 53.3 Å². The zero-order valence-corrected chi connectivity index (χ0v) is 22.0. The first kappa shape index (κ1) is 25.4. The third-order valence-electron chi connectivity index (χ3n) is 7.25. The fourth-order valence-corrected chi connectivity index (χ4v) is 5.01. The lowest BCUT2D eigenvalue weighted by Crippen LogP contribution is -2.42. The van der Waals surface area contributed by atoms with E-state index in [9.17, 15) is 4.79 Å². The van der Waals surface area contributed by atoms with Gasteiger partial charge in [0.15, 0.2) is 0 Å². The second kappa shape index (κ2) is 9.19. The molecule has 0 radical (unpaired) electrons. The SMILES string of the molecule is C=C(O/C(=C\C)C1CCN(C(=O)OC(C)(C)C)CC1)c1ccc2c(c1)C(C)(C)CCC2(C)C. The van der Waals surface area contributed by atoms with Gasteiger partial charge in [-0.05, 0) is 87.5 Å². The molecule has 33 heavy (non-hydrogen) atoms. The van der Waals surface area contributed by atoms with Gasteiger partial charge in [0.05, 0.1) is 0 Å². The molecule has 1 fully saturated rings. The number of rotatable bonds is 4. The first-order chi connectivity index (χ1) is 15.2. The number of nitrogens with zero attached hydrogens (tertiary/aromatic N) is 1. The van der Waals surface area contributed by atoms with Crippen LogP contribution in [0.3, 0.4) is 0 Å². The number of amides is 1. The van der Waals surface area contributed by atoms with Crippen molar-refractivity contribution in [3.8, 4) is 0 Å². The van der Waals surface area contributed by atoms with E-state index in [4.69, 9.17) is 9.47 Å². The van der Waals surface area contributed by atoms with Gasteiger partial charge in [0, 0.05) is 24.6 Å². The Balaban J connectivity index is 1.67. The summed E-state index contributed by atoms with van der Waals surface area (Å²) in [6.45, 7) is 22.7. The van der Waals surface area contributed by atoms with Gasteiger partial charge in [0.2, 0.25) is 0 Å². The monoisotopic (exact) mass is 453 g/mol. The molecule has 0 bridgehead atoms. The summed E-state index contributed by atoms with van der Waals surface area (Å²) in [5.41, 5.74) is 3.78. The Labute approximate surface area is 201 Å². The van der Waals surface area contributed by atoms with E-state index in [1.807, 2.05) is 33.8 Å². The van der Waals surface area contributed by atoms with Crippen molar-refractivity contribution in [2.24, 2.45) is 5.92 Å². The van der Waals surface area contributed by atoms with Crippen molar-refractivity contribution in [1.29, 1.82) is 0 Å². The van der Waals surface area contributed by atoms with Gasteiger partial charge in [-0.2, -0.15) is 0 Å². The fraction of sp³-hybridized carbons (Fsp3) is 0.621. The maximum Gasteiger partial charge on any atom is 0.410 e. The topological polar surface area (TPSA) is 38.8 Å². The summed E-state index contributed by atoms with van der Waals surface area (Å²) in [5.74, 6) is 1.92. The molecule has 1 heterocycles. The predicted molar refractivity (Wildman–Crippen MR) is 136 cm³/mol. The normalized spacial score (nSPS) is 20.7. The van der Waals surface area contributed by atoms with Crippen LogP contribution in [0, 0.1) is 5.92 Å². The number of fused-ring (bicyclic) bond motifs is 1. The van der Waals surface area contributed by atoms with E-state index in [0.717, 1.165) is 24.2 Å². The molecule has 0 N–H and O–H groups in total. The number of allylic oxidation sites excluding steroid dienone is 2. The number of piperidine rings is 1. The number of hydrogen-bond donors (Lipinski definition) is 0. The van der Waals surface area contributed by atoms with E-state index < -0.39 is 5.60 Å². The van der Waals surface area contributed by atoms with Crippen LogP contribution in [0.25, 0.3) is 5.76 Å². The summed E-state index contributed by atoms with van der Waals surface area (Å²) in [4.78, 5) is 14.2. The average molecular weight is 454 g/mol. The molecule has 1 aromatic carbocycles. The lowest BCUT2D eigenvalue weighted by molar-refractivity contribution is 0.0182. The zero-order valence-electron chi connectivity index (χ0n) is 22.0. The van der Waals surface area contributed by atoms with Crippen LogP contribution < -0.4 is 0 Å². The molecule has 182 valence electrons. The molecule has 1 aromatic rings. The summed E-state index contributed by atoms with van der Waals surface area (Å²) in [5, 5.41) is 0. The number of carbonyl (C=O) groups is 1. The number of carbonyl (C=O) groups excluding carboxylic acids is 1. The molecule has 4 nitrogen and oxygen atoms in total. The zero-order chi connectivity index (χ0) is 24.6. The van der Waals surface area contributed by atoms with Crippen LogP contribution in [0.2, 0.25) is 0 Å². The van der Waals surface area contributed by atoms with Crippen LogP contribution in [0.1, 0.15) is 97.8 Å². The number of hydrogen-bond acceptors (Lipinski definition) is 3. The molecule has 3 rings (SSSR count). The number of likely N-dealkylation sites (tertiary alicyclic amines) is 1. The number of benzene rings is 1. The minimum Gasteiger partial charge on any atom is -0.462 e. The van der Waals surface area contributed by atoms with Crippen LogP contribution in [-0.2, 0) is 20.3 Å². The first-order valence-electron chi connectivity index (χ1n) is 12.4. The van der Waals surface area contributed by atoms with Crippen molar-refractivity contribution in [1.82, 2.24) is 4.90 Å². The molecular weight excluding hydrogens is 410 g/mol. The molecule has 1 aliphatic heterocycles. The molecule has 1 saturated heterocycles. The van der Waals surface area contributed by atoms with Gasteiger partial charge in [0.1, 0.15) is 17.1 Å². The lowest BCUT2D eigenvalue weighted by atomic mass is 9.63. The highest BCUT2D eigenvalue weighted by Gasteiger charge is 2.37. The van der Waals surface area contributed by atoms with Crippen molar-refractivity contribution < 1.29 is 14.3 Å². The Morgan fingerprint density at radius 3 is 2.18 bits per heavy atom. The molecule has 0 spiro atoms. The molecular formula is C29H43NO3. The van der Waals surface area contributed by atoms with Gasteiger partial charge in [-0.1, -0.05) is 46.4 Å². The smallest absolute Gasteiger partial charge is 0.410 e. The molecule has 1 aliphatic carbocycles. The predicted octanol–water partition coefficient (Wildman–Crippen LogP) is 7.57. The van der Waals surface area contributed by atoms with E-state index >= 15 is 0 Å². The molecule has 0 atom stereocenters. The van der Waals surface area contributed by atoms with Gasteiger partial charge in [-0.15, -0.1) is 0 Å². The van der Waals surface area contributed by atoms with Crippen LogP contribution in [0.5, 0.6) is 0 Å². The van der Waals surface area contributed by atoms with Crippen molar-refractivity contribution >= 4 is 11.9 Å². The van der Waals surface area contributed by atoms with Gasteiger partial charge >= 0.3 is 6.09 Å². The van der Waals surface area contributed by atoms with Gasteiger partial charge < -0.3 is 14.4 Å². The quantitative estimate of drug-likeness (QED) is 0.441. The molecule has 4 heteroatoms. The Kier molecular flexibility index (Phi) is 7.07. The highest BCUT2D eigenvalue weighted by Crippen LogP contribution is 2.46. The summed E-state index contributed by atoms with van der Waals surface area (Å²) in [6.07, 6.45) is 5.92. The van der Waals surface area contributed by atoms with E-state index in [-0.39, 0.29) is 22.8 Å².